The Kier molecular flexibility index (Phi) is 8.54. The molecule has 1 fully saturated rings. The first-order chi connectivity index (χ1) is 11.1. The number of aliphatic imine (C=N–C) groups is 1. The lowest BCUT2D eigenvalue weighted by atomic mass is 9.64. The van der Waals surface area contributed by atoms with Crippen molar-refractivity contribution in [1.29, 1.82) is 5.26 Å². The van der Waals surface area contributed by atoms with E-state index in [1.54, 1.807) is 0 Å². The van der Waals surface area contributed by atoms with Crippen LogP contribution in [0.1, 0.15) is 50.7 Å². The molecule has 1 aromatic carbocycles. The van der Waals surface area contributed by atoms with Gasteiger partial charge in [0.2, 0.25) is 0 Å². The summed E-state index contributed by atoms with van der Waals surface area (Å²) >= 11 is 0. The number of halogens is 1. The quantitative estimate of drug-likeness (QED) is 0.399. The number of hydrogen-bond donors (Lipinski definition) is 2. The second-order valence-electron chi connectivity index (χ2n) is 7.04. The minimum atomic E-state index is 0. The first-order valence-corrected chi connectivity index (χ1v) is 8.50. The van der Waals surface area contributed by atoms with Gasteiger partial charge >= 0.3 is 0 Å². The van der Waals surface area contributed by atoms with Crippen LogP contribution in [0.5, 0.6) is 0 Å². The van der Waals surface area contributed by atoms with Crippen LogP contribution >= 0.6 is 24.0 Å². The smallest absolute Gasteiger partial charge is 0.191 e. The number of hydrogen-bond acceptors (Lipinski definition) is 2. The van der Waals surface area contributed by atoms with E-state index in [2.05, 4.69) is 35.5 Å². The fourth-order valence-electron chi connectivity index (χ4n) is 3.37. The molecule has 0 unspecified atom stereocenters. The van der Waals surface area contributed by atoms with Gasteiger partial charge in [0.1, 0.15) is 0 Å². The van der Waals surface area contributed by atoms with Gasteiger partial charge in [-0.1, -0.05) is 32.4 Å². The van der Waals surface area contributed by atoms with Crippen molar-refractivity contribution in [2.75, 3.05) is 13.6 Å². The van der Waals surface area contributed by atoms with E-state index in [0.717, 1.165) is 24.0 Å². The summed E-state index contributed by atoms with van der Waals surface area (Å²) in [5.41, 5.74) is 2.30. The molecule has 1 aromatic rings. The summed E-state index contributed by atoms with van der Waals surface area (Å²) in [4.78, 5) is 4.32. The molecule has 24 heavy (non-hydrogen) atoms. The van der Waals surface area contributed by atoms with Gasteiger partial charge in [0.05, 0.1) is 11.6 Å². The minimum Gasteiger partial charge on any atom is -0.356 e. The van der Waals surface area contributed by atoms with E-state index in [9.17, 15) is 0 Å². The van der Waals surface area contributed by atoms with Gasteiger partial charge in [0, 0.05) is 20.1 Å². The Labute approximate surface area is 163 Å². The molecule has 0 aromatic heterocycles. The van der Waals surface area contributed by atoms with Crippen molar-refractivity contribution in [3.05, 3.63) is 35.4 Å². The van der Waals surface area contributed by atoms with Gasteiger partial charge in [-0.2, -0.15) is 5.26 Å². The van der Waals surface area contributed by atoms with Gasteiger partial charge in [-0.3, -0.25) is 4.99 Å². The molecule has 4 nitrogen and oxygen atoms in total. The van der Waals surface area contributed by atoms with Crippen LogP contribution in [-0.4, -0.2) is 19.6 Å². The van der Waals surface area contributed by atoms with Crippen molar-refractivity contribution in [3.63, 3.8) is 0 Å². The third kappa shape index (κ3) is 5.97. The zero-order valence-electron chi connectivity index (χ0n) is 14.9. The molecule has 0 amide bonds. The number of nitriles is 1. The van der Waals surface area contributed by atoms with Crippen LogP contribution < -0.4 is 10.6 Å². The number of nitrogens with zero attached hydrogens (tertiary/aromatic N) is 2. The van der Waals surface area contributed by atoms with E-state index >= 15 is 0 Å². The minimum absolute atomic E-state index is 0. The largest absolute Gasteiger partial charge is 0.356 e. The van der Waals surface area contributed by atoms with E-state index in [-0.39, 0.29) is 24.0 Å². The molecule has 1 saturated carbocycles. The zero-order chi connectivity index (χ0) is 16.7. The average Bonchev–Trinajstić information content (AvgIpc) is 2.52. The van der Waals surface area contributed by atoms with Crippen LogP contribution in [0.4, 0.5) is 0 Å². The molecule has 0 bridgehead atoms. The first-order valence-electron chi connectivity index (χ1n) is 8.50. The highest BCUT2D eigenvalue weighted by Crippen LogP contribution is 2.45. The standard InChI is InChI=1S/C19H28N4.HI/c1-15(2)11-19(9-4-10-19)14-23-18(21-3)22-13-17-7-5-16(12-20)6-8-17;/h5-8,15H,4,9-11,13-14H2,1-3H3,(H2,21,22,23);1H. The van der Waals surface area contributed by atoms with Gasteiger partial charge in [0.15, 0.2) is 5.96 Å². The van der Waals surface area contributed by atoms with Crippen LogP contribution in [-0.2, 0) is 6.54 Å². The van der Waals surface area contributed by atoms with Gasteiger partial charge in [-0.25, -0.2) is 0 Å². The van der Waals surface area contributed by atoms with Crippen molar-refractivity contribution >= 4 is 29.9 Å². The number of nitrogens with one attached hydrogen (secondary N) is 2. The van der Waals surface area contributed by atoms with Crippen molar-refractivity contribution in [2.24, 2.45) is 16.3 Å². The van der Waals surface area contributed by atoms with E-state index in [0.29, 0.717) is 17.5 Å². The summed E-state index contributed by atoms with van der Waals surface area (Å²) in [6.07, 6.45) is 5.29. The molecule has 0 aliphatic heterocycles. The van der Waals surface area contributed by atoms with E-state index < -0.39 is 0 Å². The number of guanidine groups is 1. The van der Waals surface area contributed by atoms with Crippen LogP contribution in [0, 0.1) is 22.7 Å². The highest BCUT2D eigenvalue weighted by Gasteiger charge is 2.37. The molecule has 1 aliphatic carbocycles. The third-order valence-corrected chi connectivity index (χ3v) is 4.65. The van der Waals surface area contributed by atoms with Gasteiger partial charge < -0.3 is 10.6 Å². The topological polar surface area (TPSA) is 60.2 Å². The molecule has 2 rings (SSSR count). The molecule has 0 radical (unpaired) electrons. The summed E-state index contributed by atoms with van der Waals surface area (Å²) < 4.78 is 0. The second-order valence-corrected chi connectivity index (χ2v) is 7.04. The highest BCUT2D eigenvalue weighted by molar-refractivity contribution is 14.0. The SMILES string of the molecule is CN=C(NCc1ccc(C#N)cc1)NCC1(CC(C)C)CCC1.I. The molecule has 1 aliphatic rings. The van der Waals surface area contributed by atoms with Gasteiger partial charge in [0.25, 0.3) is 0 Å². The van der Waals surface area contributed by atoms with Gasteiger partial charge in [-0.15, -0.1) is 24.0 Å². The fourth-order valence-corrected chi connectivity index (χ4v) is 3.37. The van der Waals surface area contributed by atoms with Gasteiger partial charge in [-0.05, 0) is 48.3 Å². The van der Waals surface area contributed by atoms with E-state index in [1.807, 2.05) is 31.3 Å². The molecule has 0 atom stereocenters. The summed E-state index contributed by atoms with van der Waals surface area (Å²) in [6.45, 7) is 6.32. The molecule has 0 heterocycles. The molecular formula is C19H29IN4. The summed E-state index contributed by atoms with van der Waals surface area (Å²) in [5.74, 6) is 1.59. The summed E-state index contributed by atoms with van der Waals surface area (Å²) in [7, 11) is 1.81. The first kappa shape index (κ1) is 20.8. The van der Waals surface area contributed by atoms with Crippen LogP contribution in [0.3, 0.4) is 0 Å². The highest BCUT2D eigenvalue weighted by atomic mass is 127. The summed E-state index contributed by atoms with van der Waals surface area (Å²) in [5, 5.41) is 15.7. The molecule has 0 saturated heterocycles. The van der Waals surface area contributed by atoms with E-state index in [4.69, 9.17) is 5.26 Å². The molecular weight excluding hydrogens is 411 g/mol. The molecule has 0 spiro atoms. The Bertz CT molecular complexity index is 568. The zero-order valence-corrected chi connectivity index (χ0v) is 17.3. The van der Waals surface area contributed by atoms with Crippen LogP contribution in [0.15, 0.2) is 29.3 Å². The Balaban J connectivity index is 0.00000288. The second kappa shape index (κ2) is 9.87. The van der Waals surface area contributed by atoms with Crippen molar-refractivity contribution < 1.29 is 0 Å². The summed E-state index contributed by atoms with van der Waals surface area (Å²) in [6, 6.07) is 9.79. The average molecular weight is 440 g/mol. The van der Waals surface area contributed by atoms with Crippen LogP contribution in [0.2, 0.25) is 0 Å². The predicted molar refractivity (Wildman–Crippen MR) is 111 cm³/mol. The maximum absolute atomic E-state index is 8.83. The Morgan fingerprint density at radius 2 is 1.92 bits per heavy atom. The number of benzene rings is 1. The predicted octanol–water partition coefficient (Wildman–Crippen LogP) is 4.06. The van der Waals surface area contributed by atoms with E-state index in [1.165, 1.54) is 25.7 Å². The monoisotopic (exact) mass is 440 g/mol. The molecule has 132 valence electrons. The van der Waals surface area contributed by atoms with Crippen molar-refractivity contribution in [3.8, 4) is 6.07 Å². The van der Waals surface area contributed by atoms with Crippen molar-refractivity contribution in [1.82, 2.24) is 10.6 Å². The van der Waals surface area contributed by atoms with Crippen LogP contribution in [0.25, 0.3) is 0 Å². The lowest BCUT2D eigenvalue weighted by Gasteiger charge is -2.43. The van der Waals surface area contributed by atoms with Crippen molar-refractivity contribution in [2.45, 2.75) is 46.1 Å². The Morgan fingerprint density at radius 3 is 2.38 bits per heavy atom. The Morgan fingerprint density at radius 1 is 1.25 bits per heavy atom. The molecule has 2 N–H and O–H groups in total. The Hall–Kier alpha value is -1.29. The fraction of sp³-hybridized carbons (Fsp3) is 0.579. The lowest BCUT2D eigenvalue weighted by molar-refractivity contribution is 0.104. The lowest BCUT2D eigenvalue weighted by Crippen LogP contribution is -2.46. The maximum atomic E-state index is 8.83. The number of rotatable bonds is 6. The normalized spacial score (nSPS) is 15.9. The molecule has 5 heteroatoms. The maximum Gasteiger partial charge on any atom is 0.191 e. The third-order valence-electron chi connectivity index (χ3n) is 4.65.